The lowest BCUT2D eigenvalue weighted by atomic mass is 9.96. The van der Waals surface area contributed by atoms with Gasteiger partial charge in [0.2, 0.25) is 0 Å². The van der Waals surface area contributed by atoms with Gasteiger partial charge >= 0.3 is 0 Å². The molecule has 1 N–H and O–H groups in total. The van der Waals surface area contributed by atoms with Crippen LogP contribution in [0.3, 0.4) is 0 Å². The van der Waals surface area contributed by atoms with Crippen molar-refractivity contribution >= 4 is 10.9 Å². The Morgan fingerprint density at radius 1 is 0.933 bits per heavy atom. The topological polar surface area (TPSA) is 46.6 Å². The number of para-hydroxylation sites is 1. The van der Waals surface area contributed by atoms with Gasteiger partial charge in [-0.05, 0) is 62.2 Å². The fraction of sp³-hybridized carbons (Fsp3) is 0.400. The third-order valence-electron chi connectivity index (χ3n) is 5.55. The Morgan fingerprint density at radius 3 is 2.63 bits per heavy atom. The van der Waals surface area contributed by atoms with Crippen LogP contribution < -0.4 is 14.8 Å². The summed E-state index contributed by atoms with van der Waals surface area (Å²) in [5.74, 6) is 1.61. The number of aromatic nitrogens is 1. The molecule has 1 unspecified atom stereocenters. The first-order chi connectivity index (χ1) is 14.8. The molecular weight excluding hydrogens is 374 g/mol. The second-order valence-electron chi connectivity index (χ2n) is 7.58. The van der Waals surface area contributed by atoms with Gasteiger partial charge in [-0.3, -0.25) is 9.88 Å². The van der Waals surface area contributed by atoms with E-state index >= 15 is 0 Å². The van der Waals surface area contributed by atoms with Crippen molar-refractivity contribution in [2.24, 2.45) is 0 Å². The second-order valence-corrected chi connectivity index (χ2v) is 7.58. The van der Waals surface area contributed by atoms with E-state index in [0.717, 1.165) is 49.6 Å². The van der Waals surface area contributed by atoms with Crippen LogP contribution in [0, 0.1) is 0 Å². The van der Waals surface area contributed by atoms with E-state index < -0.39 is 0 Å². The maximum atomic E-state index is 5.93. The molecule has 5 heteroatoms. The fourth-order valence-electron chi connectivity index (χ4n) is 4.21. The average Bonchev–Trinajstić information content (AvgIpc) is 3.05. The van der Waals surface area contributed by atoms with Gasteiger partial charge in [0.1, 0.15) is 0 Å². The summed E-state index contributed by atoms with van der Waals surface area (Å²) in [6.45, 7) is 9.33. The zero-order valence-corrected chi connectivity index (χ0v) is 17.9. The van der Waals surface area contributed by atoms with Crippen LogP contribution in [0.15, 0.2) is 54.7 Å². The summed E-state index contributed by atoms with van der Waals surface area (Å²) < 4.78 is 11.7. The minimum atomic E-state index is 0.122. The Balaban J connectivity index is 1.79. The molecule has 1 aliphatic heterocycles. The summed E-state index contributed by atoms with van der Waals surface area (Å²) in [5.41, 5.74) is 3.45. The largest absolute Gasteiger partial charge is 0.490 e. The highest BCUT2D eigenvalue weighted by atomic mass is 16.5. The molecule has 1 atom stereocenters. The van der Waals surface area contributed by atoms with Gasteiger partial charge in [-0.15, -0.1) is 0 Å². The molecule has 0 saturated carbocycles. The number of pyridine rings is 1. The lowest BCUT2D eigenvalue weighted by Crippen LogP contribution is -2.33. The van der Waals surface area contributed by atoms with E-state index in [1.165, 1.54) is 16.5 Å². The third-order valence-corrected chi connectivity index (χ3v) is 5.55. The molecule has 1 aliphatic rings. The summed E-state index contributed by atoms with van der Waals surface area (Å²) in [7, 11) is 0. The highest BCUT2D eigenvalue weighted by molar-refractivity contribution is 5.79. The van der Waals surface area contributed by atoms with Crippen LogP contribution in [0.25, 0.3) is 10.9 Å². The molecule has 4 rings (SSSR count). The Bertz CT molecular complexity index is 968. The molecule has 1 fully saturated rings. The molecule has 0 amide bonds. The predicted molar refractivity (Wildman–Crippen MR) is 121 cm³/mol. The first-order valence-corrected chi connectivity index (χ1v) is 11.0. The number of nitrogens with zero attached hydrogens (tertiary/aromatic N) is 2. The van der Waals surface area contributed by atoms with E-state index in [9.17, 15) is 0 Å². The van der Waals surface area contributed by atoms with Crippen LogP contribution in [0.2, 0.25) is 0 Å². The lowest BCUT2D eigenvalue weighted by Gasteiger charge is -2.31. The van der Waals surface area contributed by atoms with Crippen LogP contribution >= 0.6 is 0 Å². The van der Waals surface area contributed by atoms with Crippen LogP contribution in [0.1, 0.15) is 37.4 Å². The zero-order valence-electron chi connectivity index (χ0n) is 17.9. The summed E-state index contributed by atoms with van der Waals surface area (Å²) in [6.07, 6.45) is 3.16. The predicted octanol–water partition coefficient (Wildman–Crippen LogP) is 4.42. The van der Waals surface area contributed by atoms with Crippen molar-refractivity contribution in [2.45, 2.75) is 26.3 Å². The average molecular weight is 406 g/mol. The third kappa shape index (κ3) is 4.58. The molecule has 0 aliphatic carbocycles. The number of hydrogen-bond donors (Lipinski definition) is 1. The number of benzene rings is 2. The van der Waals surface area contributed by atoms with Crippen molar-refractivity contribution in [3.05, 3.63) is 65.9 Å². The second kappa shape index (κ2) is 9.92. The lowest BCUT2D eigenvalue weighted by molar-refractivity contribution is 0.239. The van der Waals surface area contributed by atoms with E-state index in [-0.39, 0.29) is 6.04 Å². The Morgan fingerprint density at radius 2 is 1.77 bits per heavy atom. The number of hydrogen-bond acceptors (Lipinski definition) is 5. The SMILES string of the molecule is CCOc1ccc(C(c2cnc3ccccc3c2)N2CCCNCC2)cc1OCC. The molecule has 5 nitrogen and oxygen atoms in total. The summed E-state index contributed by atoms with van der Waals surface area (Å²) in [4.78, 5) is 7.31. The first-order valence-electron chi connectivity index (χ1n) is 11.0. The molecule has 3 aromatic rings. The van der Waals surface area contributed by atoms with E-state index in [2.05, 4.69) is 46.6 Å². The summed E-state index contributed by atoms with van der Waals surface area (Å²) >= 11 is 0. The van der Waals surface area contributed by atoms with Gasteiger partial charge in [-0.1, -0.05) is 24.3 Å². The van der Waals surface area contributed by atoms with E-state index in [4.69, 9.17) is 14.5 Å². The van der Waals surface area contributed by atoms with Gasteiger partial charge in [-0.2, -0.15) is 0 Å². The quantitative estimate of drug-likeness (QED) is 0.631. The van der Waals surface area contributed by atoms with Crippen molar-refractivity contribution in [3.63, 3.8) is 0 Å². The van der Waals surface area contributed by atoms with Gasteiger partial charge in [0.15, 0.2) is 11.5 Å². The van der Waals surface area contributed by atoms with E-state index in [0.29, 0.717) is 13.2 Å². The standard InChI is InChI=1S/C25H31N3O2/c1-3-29-23-11-10-20(17-24(23)30-4-2)25(28-14-7-12-26-13-15-28)21-16-19-8-5-6-9-22(19)27-18-21/h5-6,8-11,16-18,25-26H,3-4,7,12-15H2,1-2H3. The number of ether oxygens (including phenoxy) is 2. The fourth-order valence-corrected chi connectivity index (χ4v) is 4.21. The van der Waals surface area contributed by atoms with Crippen LogP contribution in [-0.2, 0) is 0 Å². The van der Waals surface area contributed by atoms with Crippen molar-refractivity contribution < 1.29 is 9.47 Å². The normalized spacial score (nSPS) is 16.2. The van der Waals surface area contributed by atoms with Crippen molar-refractivity contribution in [3.8, 4) is 11.5 Å². The molecule has 0 bridgehead atoms. The molecule has 2 aromatic carbocycles. The number of fused-ring (bicyclic) bond motifs is 1. The molecule has 0 radical (unpaired) electrons. The van der Waals surface area contributed by atoms with Gasteiger partial charge in [-0.25, -0.2) is 0 Å². The summed E-state index contributed by atoms with van der Waals surface area (Å²) in [5, 5.41) is 4.69. The maximum absolute atomic E-state index is 5.93. The molecular formula is C25H31N3O2. The van der Waals surface area contributed by atoms with E-state index in [1.807, 2.05) is 32.2 Å². The molecule has 2 heterocycles. The van der Waals surface area contributed by atoms with E-state index in [1.54, 1.807) is 0 Å². The van der Waals surface area contributed by atoms with Gasteiger partial charge in [0.05, 0.1) is 24.8 Å². The highest BCUT2D eigenvalue weighted by Gasteiger charge is 2.25. The highest BCUT2D eigenvalue weighted by Crippen LogP contribution is 2.36. The van der Waals surface area contributed by atoms with Crippen molar-refractivity contribution in [1.82, 2.24) is 15.2 Å². The first kappa shape index (κ1) is 20.6. The number of nitrogens with one attached hydrogen (secondary N) is 1. The van der Waals surface area contributed by atoms with Gasteiger partial charge in [0, 0.05) is 31.2 Å². The number of rotatable bonds is 7. The molecule has 30 heavy (non-hydrogen) atoms. The van der Waals surface area contributed by atoms with Crippen LogP contribution in [0.4, 0.5) is 0 Å². The zero-order chi connectivity index (χ0) is 20.8. The monoisotopic (exact) mass is 405 g/mol. The minimum Gasteiger partial charge on any atom is -0.490 e. The van der Waals surface area contributed by atoms with Gasteiger partial charge < -0.3 is 14.8 Å². The molecule has 0 spiro atoms. The molecule has 158 valence electrons. The van der Waals surface area contributed by atoms with Crippen molar-refractivity contribution in [1.29, 1.82) is 0 Å². The molecule has 1 aromatic heterocycles. The summed E-state index contributed by atoms with van der Waals surface area (Å²) in [6, 6.07) is 17.1. The Labute approximate surface area is 179 Å². The Hall–Kier alpha value is -2.63. The van der Waals surface area contributed by atoms with Crippen LogP contribution in [0.5, 0.6) is 11.5 Å². The maximum Gasteiger partial charge on any atom is 0.161 e. The minimum absolute atomic E-state index is 0.122. The smallest absolute Gasteiger partial charge is 0.161 e. The van der Waals surface area contributed by atoms with Crippen LogP contribution in [-0.4, -0.2) is 49.3 Å². The molecule has 1 saturated heterocycles. The van der Waals surface area contributed by atoms with Gasteiger partial charge in [0.25, 0.3) is 0 Å². The Kier molecular flexibility index (Phi) is 6.82. The van der Waals surface area contributed by atoms with Crippen molar-refractivity contribution in [2.75, 3.05) is 39.4 Å².